The van der Waals surface area contributed by atoms with Crippen molar-refractivity contribution in [3.05, 3.63) is 45.9 Å². The third-order valence-corrected chi connectivity index (χ3v) is 4.24. The first kappa shape index (κ1) is 11.1. The van der Waals surface area contributed by atoms with Gasteiger partial charge in [0.1, 0.15) is 10.8 Å². The van der Waals surface area contributed by atoms with Crippen molar-refractivity contribution >= 4 is 22.9 Å². The summed E-state index contributed by atoms with van der Waals surface area (Å²) in [7, 11) is 0. The maximum absolute atomic E-state index is 5.80. The number of hydrogen-bond acceptors (Lipinski definition) is 3. The smallest absolute Gasteiger partial charge is 0.123 e. The lowest BCUT2D eigenvalue weighted by atomic mass is 9.94. The van der Waals surface area contributed by atoms with Crippen LogP contribution in [0.3, 0.4) is 0 Å². The summed E-state index contributed by atoms with van der Waals surface area (Å²) in [4.78, 5) is 4.58. The van der Waals surface area contributed by atoms with Crippen molar-refractivity contribution in [1.82, 2.24) is 4.98 Å². The van der Waals surface area contributed by atoms with Crippen LogP contribution in [0.2, 0.25) is 0 Å². The van der Waals surface area contributed by atoms with E-state index in [4.69, 9.17) is 16.3 Å². The molecule has 1 aliphatic rings. The summed E-state index contributed by atoms with van der Waals surface area (Å²) in [6, 6.07) is 8.21. The van der Waals surface area contributed by atoms with Gasteiger partial charge in [-0.15, -0.1) is 22.9 Å². The number of fused-ring (bicyclic) bond motifs is 1. The normalized spacial score (nSPS) is 18.5. The molecule has 0 amide bonds. The number of alkyl halides is 1. The second-order valence-corrected chi connectivity index (χ2v) is 5.20. The summed E-state index contributed by atoms with van der Waals surface area (Å²) in [6.45, 7) is 0.761. The van der Waals surface area contributed by atoms with Gasteiger partial charge >= 0.3 is 0 Å². The Kier molecular flexibility index (Phi) is 3.04. The molecule has 2 heterocycles. The highest BCUT2D eigenvalue weighted by molar-refractivity contribution is 7.09. The zero-order chi connectivity index (χ0) is 11.7. The minimum absolute atomic E-state index is 0.363. The quantitative estimate of drug-likeness (QED) is 0.771. The Balaban J connectivity index is 1.99. The van der Waals surface area contributed by atoms with Crippen LogP contribution in [0.15, 0.2) is 29.6 Å². The van der Waals surface area contributed by atoms with E-state index in [2.05, 4.69) is 17.1 Å². The number of ether oxygens (including phenoxy) is 1. The number of rotatable bonds is 2. The van der Waals surface area contributed by atoms with E-state index >= 15 is 0 Å². The van der Waals surface area contributed by atoms with Crippen molar-refractivity contribution in [2.24, 2.45) is 0 Å². The summed E-state index contributed by atoms with van der Waals surface area (Å²) >= 11 is 7.49. The molecule has 0 fully saturated rings. The average molecular weight is 266 g/mol. The molecular weight excluding hydrogens is 254 g/mol. The molecule has 0 N–H and O–H groups in total. The Morgan fingerprint density at radius 3 is 3.12 bits per heavy atom. The molecule has 1 aliphatic heterocycles. The molecule has 0 aliphatic carbocycles. The van der Waals surface area contributed by atoms with E-state index in [1.165, 1.54) is 5.56 Å². The second-order valence-electron chi connectivity index (χ2n) is 4.04. The minimum atomic E-state index is 0.363. The summed E-state index contributed by atoms with van der Waals surface area (Å²) in [5.41, 5.74) is 2.21. The monoisotopic (exact) mass is 265 g/mol. The zero-order valence-electron chi connectivity index (χ0n) is 9.23. The van der Waals surface area contributed by atoms with Crippen LogP contribution in [0.4, 0.5) is 0 Å². The molecule has 0 saturated heterocycles. The molecule has 3 rings (SSSR count). The lowest BCUT2D eigenvalue weighted by molar-refractivity contribution is 0.277. The van der Waals surface area contributed by atoms with E-state index in [1.54, 1.807) is 11.3 Å². The van der Waals surface area contributed by atoms with Crippen molar-refractivity contribution in [1.29, 1.82) is 0 Å². The fraction of sp³-hybridized carbons (Fsp3) is 0.308. The van der Waals surface area contributed by atoms with Crippen molar-refractivity contribution in [2.45, 2.75) is 18.2 Å². The topological polar surface area (TPSA) is 22.1 Å². The van der Waals surface area contributed by atoms with E-state index in [0.717, 1.165) is 29.5 Å². The van der Waals surface area contributed by atoms with Gasteiger partial charge in [0.05, 0.1) is 18.2 Å². The highest BCUT2D eigenvalue weighted by Gasteiger charge is 2.24. The van der Waals surface area contributed by atoms with Gasteiger partial charge in [0.2, 0.25) is 0 Å². The Bertz CT molecular complexity index is 526. The molecule has 0 bridgehead atoms. The van der Waals surface area contributed by atoms with E-state index in [0.29, 0.717) is 11.8 Å². The number of benzene rings is 1. The van der Waals surface area contributed by atoms with Gasteiger partial charge in [-0.1, -0.05) is 18.2 Å². The molecule has 1 atom stereocenters. The van der Waals surface area contributed by atoms with Crippen molar-refractivity contribution in [2.75, 3.05) is 6.61 Å². The number of para-hydroxylation sites is 1. The van der Waals surface area contributed by atoms with Gasteiger partial charge in [0.25, 0.3) is 0 Å². The SMILES string of the molecule is ClCc1csc(C2CCOc3ccccc32)n1. The van der Waals surface area contributed by atoms with Gasteiger partial charge in [0.15, 0.2) is 0 Å². The molecule has 4 heteroatoms. The summed E-state index contributed by atoms with van der Waals surface area (Å²) < 4.78 is 5.66. The number of thiazole rings is 1. The number of nitrogens with zero attached hydrogens (tertiary/aromatic N) is 1. The van der Waals surface area contributed by atoms with Crippen LogP contribution in [0.1, 0.15) is 28.6 Å². The third-order valence-electron chi connectivity index (χ3n) is 2.96. The predicted octanol–water partition coefficient (Wildman–Crippen LogP) is 3.80. The molecular formula is C13H12ClNOS. The Morgan fingerprint density at radius 1 is 1.41 bits per heavy atom. The molecule has 2 aromatic rings. The van der Waals surface area contributed by atoms with Crippen LogP contribution in [0, 0.1) is 0 Å². The zero-order valence-corrected chi connectivity index (χ0v) is 10.8. The number of halogens is 1. The van der Waals surface area contributed by atoms with Crippen LogP contribution in [-0.2, 0) is 5.88 Å². The average Bonchev–Trinajstić information content (AvgIpc) is 2.87. The number of aromatic nitrogens is 1. The molecule has 88 valence electrons. The van der Waals surface area contributed by atoms with Crippen LogP contribution in [0.5, 0.6) is 5.75 Å². The Morgan fingerprint density at radius 2 is 2.29 bits per heavy atom. The molecule has 2 nitrogen and oxygen atoms in total. The molecule has 0 spiro atoms. The molecule has 1 aromatic heterocycles. The molecule has 17 heavy (non-hydrogen) atoms. The minimum Gasteiger partial charge on any atom is -0.493 e. The first-order valence-corrected chi connectivity index (χ1v) is 7.02. The maximum atomic E-state index is 5.80. The lowest BCUT2D eigenvalue weighted by Gasteiger charge is -2.24. The van der Waals surface area contributed by atoms with Gasteiger partial charge < -0.3 is 4.74 Å². The second kappa shape index (κ2) is 4.67. The summed E-state index contributed by atoms with van der Waals surface area (Å²) in [6.07, 6.45) is 0.992. The summed E-state index contributed by atoms with van der Waals surface area (Å²) in [5, 5.41) is 3.19. The van der Waals surface area contributed by atoms with Crippen molar-refractivity contribution in [3.63, 3.8) is 0 Å². The van der Waals surface area contributed by atoms with Crippen LogP contribution >= 0.6 is 22.9 Å². The fourth-order valence-electron chi connectivity index (χ4n) is 2.14. The number of hydrogen-bond donors (Lipinski definition) is 0. The Hall–Kier alpha value is -1.06. The third kappa shape index (κ3) is 2.05. The summed E-state index contributed by atoms with van der Waals surface area (Å²) in [5.74, 6) is 1.84. The molecule has 1 aromatic carbocycles. The fourth-order valence-corrected chi connectivity index (χ4v) is 3.34. The Labute approximate surface area is 109 Å². The van der Waals surface area contributed by atoms with Crippen LogP contribution in [-0.4, -0.2) is 11.6 Å². The van der Waals surface area contributed by atoms with Crippen molar-refractivity contribution < 1.29 is 4.74 Å². The lowest BCUT2D eigenvalue weighted by Crippen LogP contribution is -2.14. The molecule has 1 unspecified atom stereocenters. The van der Waals surface area contributed by atoms with Crippen molar-refractivity contribution in [3.8, 4) is 5.75 Å². The highest BCUT2D eigenvalue weighted by Crippen LogP contribution is 2.38. The first-order valence-electron chi connectivity index (χ1n) is 5.60. The van der Waals surface area contributed by atoms with Gasteiger partial charge in [-0.3, -0.25) is 0 Å². The van der Waals surface area contributed by atoms with Crippen LogP contribution in [0.25, 0.3) is 0 Å². The molecule has 0 radical (unpaired) electrons. The van der Waals surface area contributed by atoms with E-state index in [-0.39, 0.29) is 0 Å². The highest BCUT2D eigenvalue weighted by atomic mass is 35.5. The van der Waals surface area contributed by atoms with Gasteiger partial charge in [-0.25, -0.2) is 4.98 Å². The van der Waals surface area contributed by atoms with Crippen LogP contribution < -0.4 is 4.74 Å². The van der Waals surface area contributed by atoms with Gasteiger partial charge in [-0.2, -0.15) is 0 Å². The standard InChI is InChI=1S/C13H12ClNOS/c14-7-9-8-17-13(15-9)11-5-6-16-12-4-2-1-3-10(11)12/h1-4,8,11H,5-7H2. The van der Waals surface area contributed by atoms with E-state index in [9.17, 15) is 0 Å². The maximum Gasteiger partial charge on any atom is 0.123 e. The van der Waals surface area contributed by atoms with E-state index in [1.807, 2.05) is 17.5 Å². The van der Waals surface area contributed by atoms with Gasteiger partial charge in [0, 0.05) is 16.9 Å². The first-order chi connectivity index (χ1) is 8.38. The van der Waals surface area contributed by atoms with Gasteiger partial charge in [-0.05, 0) is 12.5 Å². The predicted molar refractivity (Wildman–Crippen MR) is 70.1 cm³/mol. The largest absolute Gasteiger partial charge is 0.493 e. The molecule has 0 saturated carbocycles. The van der Waals surface area contributed by atoms with E-state index < -0.39 is 0 Å².